The molecule has 7 rings (SSSR count). The van der Waals surface area contributed by atoms with Gasteiger partial charge in [-0.1, -0.05) is 42.5 Å². The number of para-hydroxylation sites is 1. The van der Waals surface area contributed by atoms with Crippen molar-refractivity contribution in [3.8, 4) is 40.2 Å². The van der Waals surface area contributed by atoms with E-state index in [2.05, 4.69) is 6.07 Å². The third-order valence-corrected chi connectivity index (χ3v) is 7.04. The molecule has 0 unspecified atom stereocenters. The van der Waals surface area contributed by atoms with Crippen molar-refractivity contribution in [2.24, 2.45) is 0 Å². The standard InChI is InChI=1S/C33H16F2N6/c34-26-14-20(18-37)15-27(35)30(26)22-10-11-24-29(16-22)38-32(21-8-6-19(17-36)7-9-21)25-12-13-28-33(31(24)25)40-41(39-28)23-4-2-1-3-5-23/h1-16H. The maximum Gasteiger partial charge on any atom is 0.135 e. The van der Waals surface area contributed by atoms with Crippen molar-refractivity contribution in [1.29, 1.82) is 10.5 Å². The normalized spacial score (nSPS) is 11.1. The van der Waals surface area contributed by atoms with Gasteiger partial charge in [-0.3, -0.25) is 0 Å². The van der Waals surface area contributed by atoms with Gasteiger partial charge in [0.1, 0.15) is 22.7 Å². The van der Waals surface area contributed by atoms with Gasteiger partial charge in [-0.05, 0) is 60.2 Å². The lowest BCUT2D eigenvalue weighted by Gasteiger charge is -2.12. The van der Waals surface area contributed by atoms with Crippen LogP contribution in [0.2, 0.25) is 0 Å². The van der Waals surface area contributed by atoms with Crippen LogP contribution in [0.3, 0.4) is 0 Å². The molecule has 0 amide bonds. The zero-order valence-corrected chi connectivity index (χ0v) is 21.2. The molecule has 0 fully saturated rings. The topological polar surface area (TPSA) is 91.2 Å². The minimum absolute atomic E-state index is 0.0966. The fraction of sp³-hybridized carbons (Fsp3) is 0. The molecule has 0 aliphatic carbocycles. The molecule has 0 saturated heterocycles. The van der Waals surface area contributed by atoms with Crippen LogP contribution in [0.5, 0.6) is 0 Å². The molecule has 6 nitrogen and oxygen atoms in total. The second-order valence-electron chi connectivity index (χ2n) is 9.49. The minimum atomic E-state index is -0.831. The predicted molar refractivity (Wildman–Crippen MR) is 152 cm³/mol. The molecular formula is C33H16F2N6. The summed E-state index contributed by atoms with van der Waals surface area (Å²) in [4.78, 5) is 6.52. The van der Waals surface area contributed by atoms with E-state index in [4.69, 9.17) is 20.4 Å². The van der Waals surface area contributed by atoms with Gasteiger partial charge in [0.15, 0.2) is 0 Å². The van der Waals surface area contributed by atoms with Gasteiger partial charge in [-0.2, -0.15) is 15.3 Å². The van der Waals surface area contributed by atoms with Crippen LogP contribution in [0.25, 0.3) is 60.8 Å². The van der Waals surface area contributed by atoms with Crippen LogP contribution >= 0.6 is 0 Å². The van der Waals surface area contributed by atoms with E-state index in [1.165, 1.54) is 0 Å². The van der Waals surface area contributed by atoms with E-state index in [9.17, 15) is 14.0 Å². The lowest BCUT2D eigenvalue weighted by molar-refractivity contribution is 0.589. The number of hydrogen-bond acceptors (Lipinski definition) is 5. The first kappa shape index (κ1) is 24.1. The summed E-state index contributed by atoms with van der Waals surface area (Å²) >= 11 is 0. The molecule has 7 aromatic rings. The fourth-order valence-corrected chi connectivity index (χ4v) is 5.14. The van der Waals surface area contributed by atoms with Crippen molar-refractivity contribution in [3.63, 3.8) is 0 Å². The first-order valence-corrected chi connectivity index (χ1v) is 12.6. The smallest absolute Gasteiger partial charge is 0.135 e. The largest absolute Gasteiger partial charge is 0.247 e. The van der Waals surface area contributed by atoms with Gasteiger partial charge < -0.3 is 0 Å². The quantitative estimate of drug-likeness (QED) is 0.219. The Morgan fingerprint density at radius 1 is 0.634 bits per heavy atom. The van der Waals surface area contributed by atoms with Crippen LogP contribution in [-0.2, 0) is 0 Å². The highest BCUT2D eigenvalue weighted by Crippen LogP contribution is 2.38. The number of hydrogen-bond donors (Lipinski definition) is 0. The first-order valence-electron chi connectivity index (χ1n) is 12.6. The third-order valence-electron chi connectivity index (χ3n) is 7.04. The number of benzene rings is 5. The minimum Gasteiger partial charge on any atom is -0.247 e. The van der Waals surface area contributed by atoms with Crippen LogP contribution < -0.4 is 0 Å². The first-order chi connectivity index (χ1) is 20.0. The summed E-state index contributed by atoms with van der Waals surface area (Å²) in [6, 6.07) is 31.5. The van der Waals surface area contributed by atoms with Gasteiger partial charge in [-0.25, -0.2) is 13.8 Å². The molecule has 41 heavy (non-hydrogen) atoms. The van der Waals surface area contributed by atoms with Crippen molar-refractivity contribution in [2.45, 2.75) is 0 Å². The Kier molecular flexibility index (Phi) is 5.48. The Labute approximate surface area is 232 Å². The van der Waals surface area contributed by atoms with Gasteiger partial charge in [-0.15, -0.1) is 10.2 Å². The van der Waals surface area contributed by atoms with Crippen molar-refractivity contribution in [1.82, 2.24) is 20.0 Å². The number of nitriles is 2. The second kappa shape index (κ2) is 9.33. The summed E-state index contributed by atoms with van der Waals surface area (Å²) in [6.45, 7) is 0. The molecule has 0 spiro atoms. The van der Waals surface area contributed by atoms with E-state index in [0.29, 0.717) is 27.8 Å². The van der Waals surface area contributed by atoms with E-state index in [1.54, 1.807) is 41.2 Å². The summed E-state index contributed by atoms with van der Waals surface area (Å²) in [6.07, 6.45) is 0. The Morgan fingerprint density at radius 2 is 1.32 bits per heavy atom. The molecule has 2 aromatic heterocycles. The highest BCUT2D eigenvalue weighted by Gasteiger charge is 2.19. The summed E-state index contributed by atoms with van der Waals surface area (Å²) in [5, 5.41) is 30.3. The number of pyridine rings is 1. The number of fused-ring (bicyclic) bond motifs is 5. The highest BCUT2D eigenvalue weighted by molar-refractivity contribution is 6.21. The third kappa shape index (κ3) is 3.94. The Balaban J connectivity index is 1.55. The number of rotatable bonds is 3. The number of nitrogens with zero attached hydrogens (tertiary/aromatic N) is 6. The lowest BCUT2D eigenvalue weighted by atomic mass is 9.96. The molecule has 0 bridgehead atoms. The monoisotopic (exact) mass is 534 g/mol. The van der Waals surface area contributed by atoms with Gasteiger partial charge in [0.05, 0.1) is 45.7 Å². The maximum absolute atomic E-state index is 15.0. The van der Waals surface area contributed by atoms with Gasteiger partial charge >= 0.3 is 0 Å². The van der Waals surface area contributed by atoms with Gasteiger partial charge in [0.2, 0.25) is 0 Å². The van der Waals surface area contributed by atoms with E-state index >= 15 is 0 Å². The van der Waals surface area contributed by atoms with Crippen LogP contribution in [-0.4, -0.2) is 20.0 Å². The summed E-state index contributed by atoms with van der Waals surface area (Å²) in [7, 11) is 0. The molecule has 0 N–H and O–H groups in total. The summed E-state index contributed by atoms with van der Waals surface area (Å²) in [5.74, 6) is -1.66. The van der Waals surface area contributed by atoms with E-state index < -0.39 is 11.6 Å². The fourth-order valence-electron chi connectivity index (χ4n) is 5.14. The Hall–Kier alpha value is -5.99. The van der Waals surface area contributed by atoms with Crippen molar-refractivity contribution in [3.05, 3.63) is 120 Å². The van der Waals surface area contributed by atoms with Crippen molar-refractivity contribution in [2.75, 3.05) is 0 Å². The van der Waals surface area contributed by atoms with E-state index in [0.717, 1.165) is 39.5 Å². The molecule has 5 aromatic carbocycles. The molecule has 0 radical (unpaired) electrons. The maximum atomic E-state index is 15.0. The van der Waals surface area contributed by atoms with Crippen LogP contribution in [0, 0.1) is 34.3 Å². The average Bonchev–Trinajstić information content (AvgIpc) is 3.45. The zero-order chi connectivity index (χ0) is 28.1. The van der Waals surface area contributed by atoms with Crippen molar-refractivity contribution >= 4 is 32.7 Å². The molecule has 8 heteroatoms. The second-order valence-corrected chi connectivity index (χ2v) is 9.49. The van der Waals surface area contributed by atoms with Gasteiger partial charge in [0, 0.05) is 21.7 Å². The van der Waals surface area contributed by atoms with Crippen LogP contribution in [0.4, 0.5) is 8.78 Å². The van der Waals surface area contributed by atoms with E-state index in [-0.39, 0.29) is 16.7 Å². The predicted octanol–water partition coefficient (Wildman–Crippen LogP) is 7.48. The lowest BCUT2D eigenvalue weighted by Crippen LogP contribution is -1.97. The molecule has 2 heterocycles. The highest BCUT2D eigenvalue weighted by atomic mass is 19.1. The molecular weight excluding hydrogens is 518 g/mol. The summed E-state index contributed by atoms with van der Waals surface area (Å²) < 4.78 is 29.9. The molecule has 0 atom stereocenters. The van der Waals surface area contributed by atoms with Crippen LogP contribution in [0.15, 0.2) is 97.1 Å². The van der Waals surface area contributed by atoms with E-state index in [1.807, 2.05) is 54.6 Å². The Bertz CT molecular complexity index is 2220. The summed E-state index contributed by atoms with van der Waals surface area (Å²) in [5.41, 5.74) is 4.50. The van der Waals surface area contributed by atoms with Gasteiger partial charge in [0.25, 0.3) is 0 Å². The molecule has 0 saturated carbocycles. The van der Waals surface area contributed by atoms with Crippen LogP contribution in [0.1, 0.15) is 11.1 Å². The zero-order valence-electron chi connectivity index (χ0n) is 21.2. The molecule has 192 valence electrons. The SMILES string of the molecule is N#Cc1ccc(-c2nc3cc(-c4c(F)cc(C#N)cc4F)ccc3c3c2ccc2nn(-c4ccccc4)nc23)cc1. The average molecular weight is 535 g/mol. The van der Waals surface area contributed by atoms with Crippen molar-refractivity contribution < 1.29 is 8.78 Å². The molecule has 0 aliphatic heterocycles. The Morgan fingerprint density at radius 3 is 2.02 bits per heavy atom. The number of aromatic nitrogens is 4. The number of halogens is 2. The molecule has 0 aliphatic rings.